The topological polar surface area (TPSA) is 51.2 Å². The van der Waals surface area contributed by atoms with Crippen LogP contribution in [0, 0.1) is 0 Å². The van der Waals surface area contributed by atoms with Gasteiger partial charge >= 0.3 is 0 Å². The minimum atomic E-state index is -0.0816. The van der Waals surface area contributed by atoms with Crippen molar-refractivity contribution in [2.45, 2.75) is 30.7 Å². The molecule has 1 atom stereocenters. The number of nitrogens with one attached hydrogen (secondary N) is 1. The fraction of sp³-hybridized carbons (Fsp3) is 0.538. The molecule has 1 unspecified atom stereocenters. The van der Waals surface area contributed by atoms with E-state index in [9.17, 15) is 4.79 Å². The zero-order chi connectivity index (χ0) is 12.3. The van der Waals surface area contributed by atoms with Crippen LogP contribution in [-0.4, -0.2) is 31.0 Å². The molecular formula is C13H18N2O2. The summed E-state index contributed by atoms with van der Waals surface area (Å²) in [6, 6.07) is 3.72. The van der Waals surface area contributed by atoms with E-state index in [0.29, 0.717) is 5.88 Å². The predicted molar refractivity (Wildman–Crippen MR) is 65.2 cm³/mol. The second-order valence-electron chi connectivity index (χ2n) is 4.61. The molecule has 1 saturated carbocycles. The molecule has 1 aliphatic carbocycles. The summed E-state index contributed by atoms with van der Waals surface area (Å²) in [4.78, 5) is 15.3. The highest BCUT2D eigenvalue weighted by atomic mass is 16.5. The standard InChI is InChI=1S/C13H18N2O2/c1-14-13(4-5-13)8-11(9-16)10-3-6-15-12(7-10)17-2/h3,6-7,9,11,14H,4-5,8H2,1-2H3. The van der Waals surface area contributed by atoms with Gasteiger partial charge in [-0.3, -0.25) is 0 Å². The van der Waals surface area contributed by atoms with Gasteiger partial charge in [-0.05, 0) is 37.9 Å². The first-order valence-electron chi connectivity index (χ1n) is 5.87. The molecule has 1 aliphatic rings. The first-order valence-corrected chi connectivity index (χ1v) is 5.87. The van der Waals surface area contributed by atoms with Crippen molar-refractivity contribution in [2.75, 3.05) is 14.2 Å². The number of methoxy groups -OCH3 is 1. The summed E-state index contributed by atoms with van der Waals surface area (Å²) in [6.07, 6.45) is 5.85. The number of hydrogen-bond donors (Lipinski definition) is 1. The lowest BCUT2D eigenvalue weighted by Crippen LogP contribution is -2.29. The van der Waals surface area contributed by atoms with Crippen molar-refractivity contribution in [2.24, 2.45) is 0 Å². The molecule has 1 N–H and O–H groups in total. The van der Waals surface area contributed by atoms with Crippen LogP contribution in [0.2, 0.25) is 0 Å². The Balaban J connectivity index is 2.14. The summed E-state index contributed by atoms with van der Waals surface area (Å²) in [5.74, 6) is 0.477. The molecule has 1 heterocycles. The third kappa shape index (κ3) is 2.64. The monoisotopic (exact) mass is 234 g/mol. The molecule has 0 spiro atoms. The molecule has 0 amide bonds. The van der Waals surface area contributed by atoms with Crippen molar-refractivity contribution in [3.05, 3.63) is 23.9 Å². The maximum absolute atomic E-state index is 11.2. The van der Waals surface area contributed by atoms with Crippen molar-refractivity contribution < 1.29 is 9.53 Å². The maximum atomic E-state index is 11.2. The molecule has 0 aromatic carbocycles. The fourth-order valence-electron chi connectivity index (χ4n) is 2.14. The highest BCUT2D eigenvalue weighted by molar-refractivity contribution is 5.62. The number of hydrogen-bond acceptors (Lipinski definition) is 4. The van der Waals surface area contributed by atoms with Gasteiger partial charge in [0, 0.05) is 23.7 Å². The molecule has 2 rings (SSSR count). The summed E-state index contributed by atoms with van der Waals surface area (Å²) in [5, 5.41) is 3.31. The van der Waals surface area contributed by atoms with E-state index in [1.54, 1.807) is 13.3 Å². The largest absolute Gasteiger partial charge is 0.481 e. The Bertz CT molecular complexity index is 402. The SMILES string of the molecule is CNC1(CC(C=O)c2ccnc(OC)c2)CC1. The van der Waals surface area contributed by atoms with Gasteiger partial charge < -0.3 is 14.8 Å². The summed E-state index contributed by atoms with van der Waals surface area (Å²) >= 11 is 0. The minimum Gasteiger partial charge on any atom is -0.481 e. The molecule has 4 heteroatoms. The van der Waals surface area contributed by atoms with Gasteiger partial charge in [-0.25, -0.2) is 4.98 Å². The van der Waals surface area contributed by atoms with Gasteiger partial charge in [0.25, 0.3) is 0 Å². The van der Waals surface area contributed by atoms with Crippen LogP contribution >= 0.6 is 0 Å². The molecule has 1 aromatic heterocycles. The third-order valence-corrected chi connectivity index (χ3v) is 3.55. The average Bonchev–Trinajstić information content (AvgIpc) is 3.16. The Labute approximate surface area is 101 Å². The van der Waals surface area contributed by atoms with Gasteiger partial charge in [0.15, 0.2) is 0 Å². The Morgan fingerprint density at radius 1 is 1.65 bits per heavy atom. The first kappa shape index (κ1) is 12.0. The van der Waals surface area contributed by atoms with Gasteiger partial charge in [-0.1, -0.05) is 0 Å². The Morgan fingerprint density at radius 3 is 2.94 bits per heavy atom. The quantitative estimate of drug-likeness (QED) is 0.758. The lowest BCUT2D eigenvalue weighted by molar-refractivity contribution is -0.109. The molecular weight excluding hydrogens is 216 g/mol. The van der Waals surface area contributed by atoms with Crippen molar-refractivity contribution in [3.8, 4) is 5.88 Å². The van der Waals surface area contributed by atoms with Gasteiger partial charge in [0.05, 0.1) is 7.11 Å². The van der Waals surface area contributed by atoms with Crippen molar-refractivity contribution >= 4 is 6.29 Å². The molecule has 0 aliphatic heterocycles. The first-order chi connectivity index (χ1) is 8.23. The second-order valence-corrected chi connectivity index (χ2v) is 4.61. The van der Waals surface area contributed by atoms with E-state index in [1.807, 2.05) is 19.2 Å². The summed E-state index contributed by atoms with van der Waals surface area (Å²) in [5.41, 5.74) is 1.15. The average molecular weight is 234 g/mol. The fourth-order valence-corrected chi connectivity index (χ4v) is 2.14. The third-order valence-electron chi connectivity index (χ3n) is 3.55. The van der Waals surface area contributed by atoms with Gasteiger partial charge in [-0.2, -0.15) is 0 Å². The molecule has 92 valence electrons. The Morgan fingerprint density at radius 2 is 2.41 bits per heavy atom. The van der Waals surface area contributed by atoms with Gasteiger partial charge in [-0.15, -0.1) is 0 Å². The number of carbonyl (C=O) groups excluding carboxylic acids is 1. The van der Waals surface area contributed by atoms with Crippen LogP contribution in [0.5, 0.6) is 5.88 Å². The van der Waals surface area contributed by atoms with E-state index in [4.69, 9.17) is 4.74 Å². The summed E-state index contributed by atoms with van der Waals surface area (Å²) < 4.78 is 5.08. The number of nitrogens with zero attached hydrogens (tertiary/aromatic N) is 1. The second kappa shape index (κ2) is 4.84. The molecule has 1 fully saturated rings. The highest BCUT2D eigenvalue weighted by Gasteiger charge is 2.42. The normalized spacial score (nSPS) is 18.5. The highest BCUT2D eigenvalue weighted by Crippen LogP contribution is 2.42. The van der Waals surface area contributed by atoms with E-state index in [0.717, 1.165) is 31.1 Å². The molecule has 17 heavy (non-hydrogen) atoms. The minimum absolute atomic E-state index is 0.0816. The predicted octanol–water partition coefficient (Wildman–Crippen LogP) is 1.51. The van der Waals surface area contributed by atoms with Crippen LogP contribution < -0.4 is 10.1 Å². The van der Waals surface area contributed by atoms with Gasteiger partial charge in [0.1, 0.15) is 6.29 Å². The molecule has 0 bridgehead atoms. The van der Waals surface area contributed by atoms with E-state index in [1.165, 1.54) is 0 Å². The molecule has 4 nitrogen and oxygen atoms in total. The molecule has 1 aromatic rings. The van der Waals surface area contributed by atoms with Crippen molar-refractivity contribution in [1.82, 2.24) is 10.3 Å². The van der Waals surface area contributed by atoms with E-state index < -0.39 is 0 Å². The maximum Gasteiger partial charge on any atom is 0.213 e. The van der Waals surface area contributed by atoms with E-state index in [-0.39, 0.29) is 11.5 Å². The van der Waals surface area contributed by atoms with E-state index in [2.05, 4.69) is 10.3 Å². The van der Waals surface area contributed by atoms with Crippen LogP contribution in [0.1, 0.15) is 30.7 Å². The number of pyridine rings is 1. The Kier molecular flexibility index (Phi) is 3.43. The zero-order valence-corrected chi connectivity index (χ0v) is 10.3. The zero-order valence-electron chi connectivity index (χ0n) is 10.3. The Hall–Kier alpha value is -1.42. The smallest absolute Gasteiger partial charge is 0.213 e. The van der Waals surface area contributed by atoms with Crippen LogP contribution in [0.25, 0.3) is 0 Å². The number of carbonyl (C=O) groups is 1. The van der Waals surface area contributed by atoms with Gasteiger partial charge in [0.2, 0.25) is 5.88 Å². The number of ether oxygens (including phenoxy) is 1. The lowest BCUT2D eigenvalue weighted by atomic mass is 9.93. The van der Waals surface area contributed by atoms with Crippen molar-refractivity contribution in [3.63, 3.8) is 0 Å². The number of rotatable bonds is 6. The summed E-state index contributed by atoms with van der Waals surface area (Å²) in [7, 11) is 3.54. The van der Waals surface area contributed by atoms with Crippen molar-refractivity contribution in [1.29, 1.82) is 0 Å². The van der Waals surface area contributed by atoms with E-state index >= 15 is 0 Å². The van der Waals surface area contributed by atoms with Crippen LogP contribution in [0.3, 0.4) is 0 Å². The van der Waals surface area contributed by atoms with Crippen LogP contribution in [0.15, 0.2) is 18.3 Å². The van der Waals surface area contributed by atoms with Crippen LogP contribution in [-0.2, 0) is 4.79 Å². The molecule has 0 saturated heterocycles. The number of aldehydes is 1. The lowest BCUT2D eigenvalue weighted by Gasteiger charge is -2.19. The molecule has 0 radical (unpaired) electrons. The number of aromatic nitrogens is 1. The van der Waals surface area contributed by atoms with Crippen LogP contribution in [0.4, 0.5) is 0 Å². The summed E-state index contributed by atoms with van der Waals surface area (Å²) in [6.45, 7) is 0.